The van der Waals surface area contributed by atoms with Crippen molar-refractivity contribution in [3.63, 3.8) is 0 Å². The molecule has 0 bridgehead atoms. The average molecular weight is 417 g/mol. The summed E-state index contributed by atoms with van der Waals surface area (Å²) < 4.78 is 38.9. The molecule has 1 heterocycles. The summed E-state index contributed by atoms with van der Waals surface area (Å²) in [5, 5.41) is 5.60. The molecule has 0 aliphatic heterocycles. The molecule has 0 aliphatic carbocycles. The quantitative estimate of drug-likeness (QED) is 0.765. The van der Waals surface area contributed by atoms with Crippen molar-refractivity contribution in [3.05, 3.63) is 63.9 Å². The lowest BCUT2D eigenvalue weighted by atomic mass is 9.87. The molecule has 2 atom stereocenters. The van der Waals surface area contributed by atoms with Gasteiger partial charge in [-0.25, -0.2) is 13.0 Å². The van der Waals surface area contributed by atoms with E-state index in [1.54, 1.807) is 26.1 Å². The van der Waals surface area contributed by atoms with Crippen LogP contribution in [0.5, 0.6) is 0 Å². The van der Waals surface area contributed by atoms with E-state index in [1.165, 1.54) is 12.1 Å². The number of rotatable bonds is 6. The highest BCUT2D eigenvalue weighted by atomic mass is 79.9. The van der Waals surface area contributed by atoms with E-state index in [4.69, 9.17) is 5.14 Å². The van der Waals surface area contributed by atoms with Crippen LogP contribution >= 0.6 is 15.9 Å². The molecule has 130 valence electrons. The van der Waals surface area contributed by atoms with Crippen LogP contribution in [0.1, 0.15) is 37.4 Å². The zero-order valence-electron chi connectivity index (χ0n) is 13.4. The van der Waals surface area contributed by atoms with Crippen molar-refractivity contribution in [1.29, 1.82) is 0 Å². The molecular weight excluding hydrogens is 398 g/mol. The van der Waals surface area contributed by atoms with Gasteiger partial charge in [-0.05, 0) is 72.4 Å². The Balaban J connectivity index is 2.39. The molecule has 0 amide bonds. The molecule has 0 spiro atoms. The van der Waals surface area contributed by atoms with E-state index in [-0.39, 0.29) is 5.92 Å². The topological polar surface area (TPSA) is 56.0 Å². The molecule has 0 saturated carbocycles. The number of halogens is 3. The summed E-state index contributed by atoms with van der Waals surface area (Å²) in [6, 6.07) is 7.10. The fourth-order valence-electron chi connectivity index (χ4n) is 2.65. The minimum absolute atomic E-state index is 0.190. The summed E-state index contributed by atoms with van der Waals surface area (Å²) in [5.41, 5.74) is 1.27. The summed E-state index contributed by atoms with van der Waals surface area (Å²) in [4.78, 5) is 4.39. The van der Waals surface area contributed by atoms with Gasteiger partial charge in [-0.15, -0.1) is 0 Å². The van der Waals surface area contributed by atoms with Gasteiger partial charge in [0.15, 0.2) is 0 Å². The second kappa shape index (κ2) is 7.80. The van der Waals surface area contributed by atoms with Crippen LogP contribution in [-0.4, -0.2) is 13.9 Å². The highest BCUT2D eigenvalue weighted by molar-refractivity contribution is 9.10. The number of nitrogens with zero attached hydrogens (tertiary/aromatic N) is 1. The van der Waals surface area contributed by atoms with Crippen LogP contribution in [0, 0.1) is 11.6 Å². The van der Waals surface area contributed by atoms with E-state index in [0.717, 1.165) is 16.2 Å². The van der Waals surface area contributed by atoms with Gasteiger partial charge in [0.05, 0.1) is 21.4 Å². The Morgan fingerprint density at radius 1 is 1.29 bits per heavy atom. The molecule has 2 N–H and O–H groups in total. The van der Waals surface area contributed by atoms with Crippen LogP contribution in [0.3, 0.4) is 0 Å². The molecule has 0 fully saturated rings. The van der Waals surface area contributed by atoms with Gasteiger partial charge in [0.2, 0.25) is 0 Å². The number of hydrogen-bond donors (Lipinski definition) is 1. The molecule has 0 saturated heterocycles. The monoisotopic (exact) mass is 416 g/mol. The molecule has 24 heavy (non-hydrogen) atoms. The maximum absolute atomic E-state index is 13.5. The molecule has 3 nitrogen and oxygen atoms in total. The molecule has 1 aromatic carbocycles. The predicted octanol–water partition coefficient (Wildman–Crippen LogP) is 4.24. The fourth-order valence-corrected chi connectivity index (χ4v) is 3.60. The average Bonchev–Trinajstić information content (AvgIpc) is 2.45. The van der Waals surface area contributed by atoms with E-state index < -0.39 is 27.4 Å². The molecule has 1 aromatic heterocycles. The maximum Gasteiger partial charge on any atom is 0.126 e. The van der Waals surface area contributed by atoms with Gasteiger partial charge in [-0.2, -0.15) is 0 Å². The second-order valence-corrected chi connectivity index (χ2v) is 8.86. The Bertz CT molecular complexity index is 735. The van der Waals surface area contributed by atoms with Gasteiger partial charge in [0.25, 0.3) is 0 Å². The zero-order chi connectivity index (χ0) is 17.9. The smallest absolute Gasteiger partial charge is 0.126 e. The third kappa shape index (κ3) is 4.91. The normalized spacial score (nSPS) is 14.4. The van der Waals surface area contributed by atoms with Crippen LogP contribution in [-0.2, 0) is 17.4 Å². The van der Waals surface area contributed by atoms with E-state index in [0.29, 0.717) is 18.4 Å². The van der Waals surface area contributed by atoms with Crippen molar-refractivity contribution in [2.24, 2.45) is 5.14 Å². The van der Waals surface area contributed by atoms with Crippen molar-refractivity contribution >= 4 is 26.9 Å². The third-order valence-electron chi connectivity index (χ3n) is 3.86. The molecule has 2 rings (SSSR count). The van der Waals surface area contributed by atoms with Gasteiger partial charge in [-0.1, -0.05) is 0 Å². The van der Waals surface area contributed by atoms with Crippen LogP contribution in [0.15, 0.2) is 41.0 Å². The van der Waals surface area contributed by atoms with Gasteiger partial charge in [-0.3, -0.25) is 10.1 Å². The van der Waals surface area contributed by atoms with E-state index in [2.05, 4.69) is 20.9 Å². The summed E-state index contributed by atoms with van der Waals surface area (Å²) in [5.74, 6) is -1.43. The van der Waals surface area contributed by atoms with E-state index >= 15 is 0 Å². The standard InChI is InChI=1S/C17H19BrF2N2OS/c1-17(2,24(21)23)10-12(16-15(18)4-3-5-22-16)6-11-7-13(19)9-14(20)8-11/h3-5,7-9,12H,6,10,21H2,1-2H3/t12-,24?/m1/s1. The predicted molar refractivity (Wildman–Crippen MR) is 95.8 cm³/mol. The minimum Gasteiger partial charge on any atom is -0.260 e. The highest BCUT2D eigenvalue weighted by Gasteiger charge is 2.30. The highest BCUT2D eigenvalue weighted by Crippen LogP contribution is 2.34. The van der Waals surface area contributed by atoms with Crippen LogP contribution in [0.25, 0.3) is 0 Å². The zero-order valence-corrected chi connectivity index (χ0v) is 15.8. The van der Waals surface area contributed by atoms with Crippen LogP contribution < -0.4 is 5.14 Å². The summed E-state index contributed by atoms with van der Waals surface area (Å²) in [6.45, 7) is 3.61. The lowest BCUT2D eigenvalue weighted by molar-refractivity contribution is 0.502. The number of nitrogens with two attached hydrogens (primary N) is 1. The lowest BCUT2D eigenvalue weighted by Gasteiger charge is -2.27. The fraction of sp³-hybridized carbons (Fsp3) is 0.353. The molecule has 1 unspecified atom stereocenters. The number of pyridine rings is 1. The third-order valence-corrected chi connectivity index (χ3v) is 5.79. The Kier molecular flexibility index (Phi) is 6.22. The number of hydrogen-bond acceptors (Lipinski definition) is 2. The first kappa shape index (κ1) is 19.1. The van der Waals surface area contributed by atoms with Gasteiger partial charge in [0, 0.05) is 22.7 Å². The molecule has 0 aliphatic rings. The first-order chi connectivity index (χ1) is 11.2. The molecular formula is C17H19BrF2N2OS. The van der Waals surface area contributed by atoms with Crippen molar-refractivity contribution < 1.29 is 13.0 Å². The Morgan fingerprint density at radius 2 is 1.92 bits per heavy atom. The summed E-state index contributed by atoms with van der Waals surface area (Å²) in [7, 11) is -1.53. The van der Waals surface area contributed by atoms with Crippen molar-refractivity contribution in [2.45, 2.75) is 37.4 Å². The molecule has 0 radical (unpaired) electrons. The number of aromatic nitrogens is 1. The van der Waals surface area contributed by atoms with Gasteiger partial charge in [0.1, 0.15) is 11.6 Å². The Morgan fingerprint density at radius 3 is 2.46 bits per heavy atom. The largest absolute Gasteiger partial charge is 0.260 e. The van der Waals surface area contributed by atoms with Crippen molar-refractivity contribution in [3.8, 4) is 0 Å². The first-order valence-corrected chi connectivity index (χ1v) is 9.41. The van der Waals surface area contributed by atoms with Crippen molar-refractivity contribution in [2.75, 3.05) is 0 Å². The second-order valence-electron chi connectivity index (χ2n) is 6.31. The molecule has 2 aromatic rings. The maximum atomic E-state index is 13.5. The van der Waals surface area contributed by atoms with E-state index in [1.807, 2.05) is 6.07 Å². The lowest BCUT2D eigenvalue weighted by Crippen LogP contribution is -2.34. The van der Waals surface area contributed by atoms with Crippen LogP contribution in [0.4, 0.5) is 8.78 Å². The van der Waals surface area contributed by atoms with Crippen LogP contribution in [0.2, 0.25) is 0 Å². The van der Waals surface area contributed by atoms with Crippen molar-refractivity contribution in [1.82, 2.24) is 4.98 Å². The molecule has 7 heteroatoms. The van der Waals surface area contributed by atoms with Gasteiger partial charge >= 0.3 is 0 Å². The Hall–Kier alpha value is -1.18. The summed E-state index contributed by atoms with van der Waals surface area (Å²) in [6.07, 6.45) is 2.49. The van der Waals surface area contributed by atoms with Gasteiger partial charge < -0.3 is 0 Å². The minimum atomic E-state index is -1.53. The summed E-state index contributed by atoms with van der Waals surface area (Å²) >= 11 is 3.47. The SMILES string of the molecule is CC(C)(C[C@@H](Cc1cc(F)cc(F)c1)c1ncccc1Br)S(N)=O. The van der Waals surface area contributed by atoms with E-state index in [9.17, 15) is 13.0 Å². The Labute approximate surface area is 151 Å². The first-order valence-electron chi connectivity index (χ1n) is 7.40. The number of benzene rings is 1.